The van der Waals surface area contributed by atoms with Gasteiger partial charge in [0.05, 0.1) is 12.6 Å². The van der Waals surface area contributed by atoms with Gasteiger partial charge in [0, 0.05) is 19.3 Å². The fourth-order valence-corrected chi connectivity index (χ4v) is 1.72. The van der Waals surface area contributed by atoms with Gasteiger partial charge in [0.25, 0.3) is 0 Å². The second kappa shape index (κ2) is 5.45. The maximum Gasteiger partial charge on any atom is 0.303 e. The van der Waals surface area contributed by atoms with Crippen LogP contribution in [-0.4, -0.2) is 40.6 Å². The predicted octanol–water partition coefficient (Wildman–Crippen LogP) is 0.704. The van der Waals surface area contributed by atoms with Crippen molar-refractivity contribution in [3.8, 4) is 6.07 Å². The number of carbonyl (C=O) groups is 2. The number of hydrogen-bond acceptors (Lipinski definition) is 3. The van der Waals surface area contributed by atoms with Crippen molar-refractivity contribution >= 4 is 11.9 Å². The van der Waals surface area contributed by atoms with Gasteiger partial charge in [-0.1, -0.05) is 0 Å². The van der Waals surface area contributed by atoms with Crippen molar-refractivity contribution < 1.29 is 19.1 Å². The summed E-state index contributed by atoms with van der Waals surface area (Å²) in [6.45, 7) is -0.0515. The maximum atomic E-state index is 13.0. The summed E-state index contributed by atoms with van der Waals surface area (Å²) in [6, 6.07) is 1.17. The highest BCUT2D eigenvalue weighted by atomic mass is 19.1. The molecular weight excluding hydrogens is 215 g/mol. The van der Waals surface area contributed by atoms with E-state index < -0.39 is 18.2 Å². The number of nitriles is 1. The first-order valence-corrected chi connectivity index (χ1v) is 5.09. The number of carbonyl (C=O) groups excluding carboxylic acids is 1. The van der Waals surface area contributed by atoms with Gasteiger partial charge in [-0.15, -0.1) is 0 Å². The third kappa shape index (κ3) is 3.19. The molecule has 0 aromatic carbocycles. The van der Waals surface area contributed by atoms with E-state index in [9.17, 15) is 14.0 Å². The number of halogens is 1. The zero-order valence-electron chi connectivity index (χ0n) is 8.73. The molecule has 1 aliphatic heterocycles. The van der Waals surface area contributed by atoms with Gasteiger partial charge in [0.2, 0.25) is 5.91 Å². The van der Waals surface area contributed by atoms with E-state index in [0.717, 1.165) is 0 Å². The van der Waals surface area contributed by atoms with Crippen molar-refractivity contribution in [3.05, 3.63) is 0 Å². The summed E-state index contributed by atoms with van der Waals surface area (Å²) in [5.74, 6) is -1.30. The molecule has 0 aromatic rings. The standard InChI is InChI=1S/C10H13FN2O3/c11-7-4-8(5-12)13(6-7)9(14)2-1-3-10(15)16/h7-8H,1-4,6H2,(H,15,16). The fourth-order valence-electron chi connectivity index (χ4n) is 1.72. The molecule has 1 fully saturated rings. The van der Waals surface area contributed by atoms with Crippen molar-refractivity contribution in [2.24, 2.45) is 0 Å². The number of amides is 1. The van der Waals surface area contributed by atoms with Crippen LogP contribution in [-0.2, 0) is 9.59 Å². The Bertz CT molecular complexity index is 327. The average Bonchev–Trinajstić information content (AvgIpc) is 2.59. The molecule has 5 nitrogen and oxygen atoms in total. The van der Waals surface area contributed by atoms with E-state index in [0.29, 0.717) is 0 Å². The summed E-state index contributed by atoms with van der Waals surface area (Å²) in [7, 11) is 0. The van der Waals surface area contributed by atoms with E-state index >= 15 is 0 Å². The zero-order valence-corrected chi connectivity index (χ0v) is 8.73. The molecule has 2 unspecified atom stereocenters. The van der Waals surface area contributed by atoms with Crippen LogP contribution in [0, 0.1) is 11.3 Å². The van der Waals surface area contributed by atoms with Gasteiger partial charge in [-0.3, -0.25) is 9.59 Å². The zero-order chi connectivity index (χ0) is 12.1. The predicted molar refractivity (Wildman–Crippen MR) is 52.1 cm³/mol. The van der Waals surface area contributed by atoms with E-state index in [1.807, 2.05) is 6.07 Å². The molecule has 0 aliphatic carbocycles. The lowest BCUT2D eigenvalue weighted by molar-refractivity contribution is -0.137. The number of carboxylic acids is 1. The first kappa shape index (κ1) is 12.4. The Labute approximate surface area is 92.5 Å². The maximum absolute atomic E-state index is 13.0. The van der Waals surface area contributed by atoms with Crippen molar-refractivity contribution in [1.82, 2.24) is 4.90 Å². The van der Waals surface area contributed by atoms with Crippen LogP contribution in [0.3, 0.4) is 0 Å². The molecule has 6 heteroatoms. The van der Waals surface area contributed by atoms with Crippen molar-refractivity contribution in [3.63, 3.8) is 0 Å². The van der Waals surface area contributed by atoms with Crippen molar-refractivity contribution in [2.75, 3.05) is 6.54 Å². The third-order valence-electron chi connectivity index (χ3n) is 2.50. The van der Waals surface area contributed by atoms with E-state index in [1.54, 1.807) is 0 Å². The second-order valence-electron chi connectivity index (χ2n) is 3.77. The van der Waals surface area contributed by atoms with E-state index in [-0.39, 0.29) is 38.1 Å². The molecule has 1 saturated heterocycles. The topological polar surface area (TPSA) is 81.4 Å². The smallest absolute Gasteiger partial charge is 0.303 e. The molecular formula is C10H13FN2O3. The summed E-state index contributed by atoms with van der Waals surface area (Å²) in [5, 5.41) is 17.1. The molecule has 0 radical (unpaired) electrons. The van der Waals surface area contributed by atoms with Gasteiger partial charge in [0.15, 0.2) is 0 Å². The number of aliphatic carboxylic acids is 1. The Balaban J connectivity index is 2.41. The Morgan fingerprint density at radius 3 is 2.75 bits per heavy atom. The van der Waals surface area contributed by atoms with Crippen LogP contribution in [0.5, 0.6) is 0 Å². The first-order chi connectivity index (χ1) is 7.54. The number of likely N-dealkylation sites (tertiary alicyclic amines) is 1. The Morgan fingerprint density at radius 2 is 2.19 bits per heavy atom. The molecule has 1 aliphatic rings. The lowest BCUT2D eigenvalue weighted by Crippen LogP contribution is -2.34. The number of rotatable bonds is 4. The molecule has 0 bridgehead atoms. The summed E-state index contributed by atoms with van der Waals surface area (Å²) in [6.07, 6.45) is -0.901. The molecule has 1 rings (SSSR count). The highest BCUT2D eigenvalue weighted by Gasteiger charge is 2.34. The Kier molecular flexibility index (Phi) is 4.23. The van der Waals surface area contributed by atoms with Gasteiger partial charge >= 0.3 is 5.97 Å². The van der Waals surface area contributed by atoms with Gasteiger partial charge in [0.1, 0.15) is 12.2 Å². The monoisotopic (exact) mass is 228 g/mol. The van der Waals surface area contributed by atoms with Gasteiger partial charge in [-0.2, -0.15) is 5.26 Å². The van der Waals surface area contributed by atoms with Gasteiger partial charge in [-0.25, -0.2) is 4.39 Å². The van der Waals surface area contributed by atoms with Crippen LogP contribution < -0.4 is 0 Å². The lowest BCUT2D eigenvalue weighted by Gasteiger charge is -2.18. The molecule has 16 heavy (non-hydrogen) atoms. The molecule has 1 amide bonds. The minimum Gasteiger partial charge on any atom is -0.481 e. The third-order valence-corrected chi connectivity index (χ3v) is 2.50. The van der Waals surface area contributed by atoms with Crippen LogP contribution in [0.1, 0.15) is 25.7 Å². The summed E-state index contributed by atoms with van der Waals surface area (Å²) in [5.41, 5.74) is 0. The minimum atomic E-state index is -1.15. The summed E-state index contributed by atoms with van der Waals surface area (Å²) in [4.78, 5) is 23.0. The Hall–Kier alpha value is -1.64. The van der Waals surface area contributed by atoms with Crippen LogP contribution >= 0.6 is 0 Å². The number of alkyl halides is 1. The molecule has 88 valence electrons. The van der Waals surface area contributed by atoms with E-state index in [4.69, 9.17) is 10.4 Å². The molecule has 1 heterocycles. The van der Waals surface area contributed by atoms with Crippen LogP contribution in [0.25, 0.3) is 0 Å². The van der Waals surface area contributed by atoms with Crippen molar-refractivity contribution in [2.45, 2.75) is 37.9 Å². The number of hydrogen-bond donors (Lipinski definition) is 1. The lowest BCUT2D eigenvalue weighted by atomic mass is 10.2. The highest BCUT2D eigenvalue weighted by molar-refractivity contribution is 5.78. The minimum absolute atomic E-state index is 0.0515. The highest BCUT2D eigenvalue weighted by Crippen LogP contribution is 2.21. The van der Waals surface area contributed by atoms with E-state index in [2.05, 4.69) is 0 Å². The fraction of sp³-hybridized carbons (Fsp3) is 0.700. The average molecular weight is 228 g/mol. The Morgan fingerprint density at radius 1 is 1.50 bits per heavy atom. The number of nitrogens with zero attached hydrogens (tertiary/aromatic N) is 2. The molecule has 0 spiro atoms. The SMILES string of the molecule is N#CC1CC(F)CN1C(=O)CCCC(=O)O. The molecule has 0 aromatic heterocycles. The molecule has 2 atom stereocenters. The molecule has 0 saturated carbocycles. The normalized spacial score (nSPS) is 24.1. The van der Waals surface area contributed by atoms with E-state index in [1.165, 1.54) is 4.90 Å². The van der Waals surface area contributed by atoms with Gasteiger partial charge < -0.3 is 10.0 Å². The van der Waals surface area contributed by atoms with Crippen LogP contribution in [0.4, 0.5) is 4.39 Å². The quantitative estimate of drug-likeness (QED) is 0.768. The summed E-state index contributed by atoms with van der Waals surface area (Å²) >= 11 is 0. The van der Waals surface area contributed by atoms with Crippen LogP contribution in [0.2, 0.25) is 0 Å². The van der Waals surface area contributed by atoms with Crippen LogP contribution in [0.15, 0.2) is 0 Å². The van der Waals surface area contributed by atoms with Crippen molar-refractivity contribution in [1.29, 1.82) is 5.26 Å². The second-order valence-corrected chi connectivity index (χ2v) is 3.77. The largest absolute Gasteiger partial charge is 0.481 e. The number of carboxylic acid groups (broad SMARTS) is 1. The summed E-state index contributed by atoms with van der Waals surface area (Å²) < 4.78 is 13.0. The first-order valence-electron chi connectivity index (χ1n) is 5.09. The molecule has 1 N–H and O–H groups in total. The van der Waals surface area contributed by atoms with Gasteiger partial charge in [-0.05, 0) is 6.42 Å².